The van der Waals surface area contributed by atoms with Crippen molar-refractivity contribution in [3.63, 3.8) is 0 Å². The van der Waals surface area contributed by atoms with Gasteiger partial charge < -0.3 is 5.11 Å². The Kier molecular flexibility index (Phi) is 3.03. The van der Waals surface area contributed by atoms with Crippen LogP contribution >= 0.6 is 11.6 Å². The van der Waals surface area contributed by atoms with Crippen molar-refractivity contribution < 1.29 is 14.8 Å². The van der Waals surface area contributed by atoms with E-state index in [9.17, 15) is 14.9 Å². The average Bonchev–Trinajstić information content (AvgIpc) is 2.16. The van der Waals surface area contributed by atoms with E-state index >= 15 is 0 Å². The largest absolute Gasteiger partial charge is 0.480 e. The maximum absolute atomic E-state index is 10.5. The second-order valence-electron chi connectivity index (χ2n) is 2.55. The zero-order valence-electron chi connectivity index (χ0n) is 6.88. The number of halogens is 1. The number of hydrogen-bond donors (Lipinski definition) is 1. The Morgan fingerprint density at radius 1 is 1.57 bits per heavy atom. The molecule has 0 amide bonds. The molecular formula is C8H6ClNO4. The molecule has 1 aromatic rings. The minimum atomic E-state index is -1.25. The molecule has 0 fully saturated rings. The lowest BCUT2D eigenvalue weighted by Crippen LogP contribution is -2.05. The molecule has 0 aromatic heterocycles. The molecule has 0 bridgehead atoms. The topological polar surface area (TPSA) is 80.4 Å². The number of nitrogens with zero attached hydrogens (tertiary/aromatic N) is 1. The number of aliphatic carboxylic acids is 1. The molecule has 1 rings (SSSR count). The number of carbonyl (C=O) groups is 1. The summed E-state index contributed by atoms with van der Waals surface area (Å²) in [5.74, 6) is -1.23. The van der Waals surface area contributed by atoms with E-state index < -0.39 is 16.3 Å². The molecule has 0 saturated carbocycles. The van der Waals surface area contributed by atoms with Crippen molar-refractivity contribution in [1.82, 2.24) is 0 Å². The lowest BCUT2D eigenvalue weighted by Gasteiger charge is -2.03. The van der Waals surface area contributed by atoms with Crippen molar-refractivity contribution in [3.05, 3.63) is 39.9 Å². The van der Waals surface area contributed by atoms with Gasteiger partial charge in [0.05, 0.1) is 4.92 Å². The number of nitro benzene ring substituents is 1. The van der Waals surface area contributed by atoms with Gasteiger partial charge in [-0.25, -0.2) is 0 Å². The second-order valence-corrected chi connectivity index (χ2v) is 2.99. The van der Waals surface area contributed by atoms with Gasteiger partial charge in [0.15, 0.2) is 5.38 Å². The fourth-order valence-electron chi connectivity index (χ4n) is 0.939. The summed E-state index contributed by atoms with van der Waals surface area (Å²) in [6, 6.07) is 5.24. The summed E-state index contributed by atoms with van der Waals surface area (Å²) in [5.41, 5.74) is 0.0303. The summed E-state index contributed by atoms with van der Waals surface area (Å²) in [6.45, 7) is 0. The van der Waals surface area contributed by atoms with E-state index in [0.29, 0.717) is 0 Å². The Hall–Kier alpha value is -1.62. The number of hydrogen-bond acceptors (Lipinski definition) is 3. The Labute approximate surface area is 84.1 Å². The summed E-state index contributed by atoms with van der Waals surface area (Å²) in [7, 11) is 0. The Balaban J connectivity index is 3.05. The normalized spacial score (nSPS) is 12.1. The van der Waals surface area contributed by atoms with Gasteiger partial charge in [0, 0.05) is 12.1 Å². The van der Waals surface area contributed by atoms with Gasteiger partial charge in [0.25, 0.3) is 5.69 Å². The SMILES string of the molecule is O=C(O)C(Cl)c1cccc([N+](=O)[O-])c1. The summed E-state index contributed by atoms with van der Waals surface area (Å²) < 4.78 is 0. The number of carboxylic acid groups (broad SMARTS) is 1. The molecule has 5 nitrogen and oxygen atoms in total. The third-order valence-electron chi connectivity index (χ3n) is 1.59. The van der Waals surface area contributed by atoms with Crippen molar-refractivity contribution in [2.75, 3.05) is 0 Å². The first-order chi connectivity index (χ1) is 6.52. The van der Waals surface area contributed by atoms with Crippen LogP contribution in [-0.2, 0) is 4.79 Å². The third-order valence-corrected chi connectivity index (χ3v) is 2.03. The van der Waals surface area contributed by atoms with E-state index in [1.165, 1.54) is 18.2 Å². The molecule has 1 unspecified atom stereocenters. The number of rotatable bonds is 3. The minimum absolute atomic E-state index is 0.172. The maximum atomic E-state index is 10.5. The highest BCUT2D eigenvalue weighted by molar-refractivity contribution is 6.29. The molecule has 74 valence electrons. The second kappa shape index (κ2) is 4.06. The van der Waals surface area contributed by atoms with Gasteiger partial charge >= 0.3 is 5.97 Å². The van der Waals surface area contributed by atoms with Gasteiger partial charge in [-0.2, -0.15) is 0 Å². The number of alkyl halides is 1. The van der Waals surface area contributed by atoms with Crippen LogP contribution in [0.4, 0.5) is 5.69 Å². The molecule has 6 heteroatoms. The Morgan fingerprint density at radius 3 is 2.71 bits per heavy atom. The number of nitro groups is 1. The molecule has 0 aliphatic rings. The van der Waals surface area contributed by atoms with Crippen LogP contribution in [0.1, 0.15) is 10.9 Å². The van der Waals surface area contributed by atoms with E-state index in [2.05, 4.69) is 0 Å². The number of benzene rings is 1. The van der Waals surface area contributed by atoms with Crippen LogP contribution in [0.25, 0.3) is 0 Å². The quantitative estimate of drug-likeness (QED) is 0.475. The smallest absolute Gasteiger partial charge is 0.326 e. The van der Waals surface area contributed by atoms with Crippen LogP contribution in [0, 0.1) is 10.1 Å². The molecule has 0 heterocycles. The summed E-state index contributed by atoms with van der Waals surface area (Å²) in [4.78, 5) is 20.2. The standard InChI is InChI=1S/C8H6ClNO4/c9-7(8(11)12)5-2-1-3-6(4-5)10(13)14/h1-4,7H,(H,11,12). The molecule has 1 aromatic carbocycles. The van der Waals surface area contributed by atoms with Gasteiger partial charge in [0.1, 0.15) is 0 Å². The lowest BCUT2D eigenvalue weighted by atomic mass is 10.1. The van der Waals surface area contributed by atoms with Crippen LogP contribution in [0.3, 0.4) is 0 Å². The zero-order valence-corrected chi connectivity index (χ0v) is 7.64. The van der Waals surface area contributed by atoms with Crippen LogP contribution in [0.2, 0.25) is 0 Å². The van der Waals surface area contributed by atoms with Gasteiger partial charge in [0.2, 0.25) is 0 Å². The van der Waals surface area contributed by atoms with Crippen molar-refractivity contribution in [1.29, 1.82) is 0 Å². The number of non-ortho nitro benzene ring substituents is 1. The van der Waals surface area contributed by atoms with Crippen molar-refractivity contribution in [2.24, 2.45) is 0 Å². The molecular weight excluding hydrogens is 210 g/mol. The summed E-state index contributed by atoms with van der Waals surface area (Å²) >= 11 is 5.50. The van der Waals surface area contributed by atoms with Crippen molar-refractivity contribution >= 4 is 23.3 Å². The van der Waals surface area contributed by atoms with E-state index in [-0.39, 0.29) is 11.3 Å². The van der Waals surface area contributed by atoms with Crippen molar-refractivity contribution in [3.8, 4) is 0 Å². The monoisotopic (exact) mass is 215 g/mol. The first kappa shape index (κ1) is 10.5. The van der Waals surface area contributed by atoms with Crippen LogP contribution in [0.5, 0.6) is 0 Å². The third kappa shape index (κ3) is 2.20. The highest BCUT2D eigenvalue weighted by Crippen LogP contribution is 2.24. The van der Waals surface area contributed by atoms with E-state index in [4.69, 9.17) is 16.7 Å². The molecule has 0 aliphatic heterocycles. The Morgan fingerprint density at radius 2 is 2.21 bits per heavy atom. The number of carboxylic acids is 1. The van der Waals surface area contributed by atoms with Crippen LogP contribution in [-0.4, -0.2) is 16.0 Å². The lowest BCUT2D eigenvalue weighted by molar-refractivity contribution is -0.384. The van der Waals surface area contributed by atoms with E-state index in [1.54, 1.807) is 0 Å². The van der Waals surface area contributed by atoms with E-state index in [0.717, 1.165) is 6.07 Å². The molecule has 0 saturated heterocycles. The predicted molar refractivity (Wildman–Crippen MR) is 49.3 cm³/mol. The summed E-state index contributed by atoms with van der Waals surface area (Å²) in [5, 5.41) is 17.7. The maximum Gasteiger partial charge on any atom is 0.326 e. The molecule has 1 N–H and O–H groups in total. The highest BCUT2D eigenvalue weighted by Gasteiger charge is 2.18. The highest BCUT2D eigenvalue weighted by atomic mass is 35.5. The van der Waals surface area contributed by atoms with Crippen LogP contribution in [0.15, 0.2) is 24.3 Å². The van der Waals surface area contributed by atoms with Gasteiger partial charge in [-0.3, -0.25) is 14.9 Å². The Bertz CT molecular complexity index is 379. The fraction of sp³-hybridized carbons (Fsp3) is 0.125. The van der Waals surface area contributed by atoms with Crippen LogP contribution < -0.4 is 0 Å². The first-order valence-electron chi connectivity index (χ1n) is 3.63. The zero-order chi connectivity index (χ0) is 10.7. The fourth-order valence-corrected chi connectivity index (χ4v) is 1.07. The minimum Gasteiger partial charge on any atom is -0.480 e. The molecule has 1 atom stereocenters. The molecule has 0 spiro atoms. The van der Waals surface area contributed by atoms with Crippen molar-refractivity contribution in [2.45, 2.75) is 5.38 Å². The van der Waals surface area contributed by atoms with Gasteiger partial charge in [-0.05, 0) is 5.56 Å². The van der Waals surface area contributed by atoms with E-state index in [1.807, 2.05) is 0 Å². The average molecular weight is 216 g/mol. The summed E-state index contributed by atoms with van der Waals surface area (Å²) in [6.07, 6.45) is 0. The molecule has 0 aliphatic carbocycles. The predicted octanol–water partition coefficient (Wildman–Crippen LogP) is 1.96. The molecule has 14 heavy (non-hydrogen) atoms. The molecule has 0 radical (unpaired) electrons. The van der Waals surface area contributed by atoms with Gasteiger partial charge in [-0.1, -0.05) is 12.1 Å². The van der Waals surface area contributed by atoms with Gasteiger partial charge in [-0.15, -0.1) is 11.6 Å². The first-order valence-corrected chi connectivity index (χ1v) is 4.07.